The summed E-state index contributed by atoms with van der Waals surface area (Å²) in [5.74, 6) is -0.972. The van der Waals surface area contributed by atoms with Crippen molar-refractivity contribution in [2.24, 2.45) is 0 Å². The molecule has 0 bridgehead atoms. The maximum atomic E-state index is 13.0. The van der Waals surface area contributed by atoms with Gasteiger partial charge in [-0.15, -0.1) is 0 Å². The van der Waals surface area contributed by atoms with Gasteiger partial charge in [0.1, 0.15) is 0 Å². The third kappa shape index (κ3) is 5.42. The maximum absolute atomic E-state index is 13.0. The SMILES string of the molecule is CCC1CCCCN1C(=O)COC(=O)c1cccc(S(=O)(=O)N(C)c2cccc(Cl)c2)c1. The molecule has 0 aromatic heterocycles. The van der Waals surface area contributed by atoms with Crippen LogP contribution in [-0.2, 0) is 19.6 Å². The number of sulfonamides is 1. The molecular weight excluding hydrogens is 452 g/mol. The Balaban J connectivity index is 1.71. The van der Waals surface area contributed by atoms with E-state index in [0.717, 1.165) is 30.0 Å². The summed E-state index contributed by atoms with van der Waals surface area (Å²) in [4.78, 5) is 26.8. The third-order valence-corrected chi connectivity index (χ3v) is 7.66. The molecule has 7 nitrogen and oxygen atoms in total. The summed E-state index contributed by atoms with van der Waals surface area (Å²) >= 11 is 5.97. The van der Waals surface area contributed by atoms with E-state index in [-0.39, 0.29) is 29.0 Å². The van der Waals surface area contributed by atoms with Crippen LogP contribution in [0.3, 0.4) is 0 Å². The first kappa shape index (κ1) is 24.1. The van der Waals surface area contributed by atoms with Gasteiger partial charge in [-0.3, -0.25) is 9.10 Å². The third-order valence-electron chi connectivity index (χ3n) is 5.65. The average molecular weight is 479 g/mol. The number of carbonyl (C=O) groups excluding carboxylic acids is 2. The molecule has 0 saturated carbocycles. The highest BCUT2D eigenvalue weighted by Gasteiger charge is 2.27. The Kier molecular flexibility index (Phi) is 7.79. The lowest BCUT2D eigenvalue weighted by molar-refractivity contribution is -0.138. The normalized spacial score (nSPS) is 16.5. The first-order valence-electron chi connectivity index (χ1n) is 10.5. The molecule has 2 aromatic rings. The van der Waals surface area contributed by atoms with Crippen LogP contribution in [0.1, 0.15) is 43.0 Å². The van der Waals surface area contributed by atoms with Crippen molar-refractivity contribution in [3.05, 3.63) is 59.1 Å². The number of benzene rings is 2. The lowest BCUT2D eigenvalue weighted by Gasteiger charge is -2.35. The smallest absolute Gasteiger partial charge is 0.338 e. The zero-order valence-electron chi connectivity index (χ0n) is 18.2. The van der Waals surface area contributed by atoms with Crippen molar-refractivity contribution < 1.29 is 22.7 Å². The van der Waals surface area contributed by atoms with Gasteiger partial charge < -0.3 is 9.64 Å². The van der Waals surface area contributed by atoms with E-state index >= 15 is 0 Å². The lowest BCUT2D eigenvalue weighted by Crippen LogP contribution is -2.45. The second kappa shape index (κ2) is 10.4. The first-order chi connectivity index (χ1) is 15.2. The molecule has 1 heterocycles. The van der Waals surface area contributed by atoms with Crippen molar-refractivity contribution in [2.45, 2.75) is 43.5 Å². The Labute approximate surface area is 194 Å². The van der Waals surface area contributed by atoms with Crippen LogP contribution in [0.25, 0.3) is 0 Å². The minimum atomic E-state index is -3.93. The van der Waals surface area contributed by atoms with Crippen LogP contribution in [0.2, 0.25) is 5.02 Å². The van der Waals surface area contributed by atoms with E-state index in [1.165, 1.54) is 37.4 Å². The fourth-order valence-electron chi connectivity index (χ4n) is 3.80. The molecule has 3 rings (SSSR count). The first-order valence-corrected chi connectivity index (χ1v) is 12.4. The van der Waals surface area contributed by atoms with E-state index < -0.39 is 16.0 Å². The second-order valence-electron chi connectivity index (χ2n) is 7.70. The van der Waals surface area contributed by atoms with Gasteiger partial charge in [-0.05, 0) is 62.1 Å². The molecule has 32 heavy (non-hydrogen) atoms. The number of likely N-dealkylation sites (tertiary alicyclic amines) is 1. The number of rotatable bonds is 7. The molecule has 1 fully saturated rings. The predicted octanol–water partition coefficient (Wildman–Crippen LogP) is 4.11. The second-order valence-corrected chi connectivity index (χ2v) is 10.1. The Bertz CT molecular complexity index is 1090. The monoisotopic (exact) mass is 478 g/mol. The van der Waals surface area contributed by atoms with Gasteiger partial charge in [0.25, 0.3) is 15.9 Å². The van der Waals surface area contributed by atoms with E-state index in [1.54, 1.807) is 23.1 Å². The highest BCUT2D eigenvalue weighted by Crippen LogP contribution is 2.25. The molecule has 1 saturated heterocycles. The quantitative estimate of drug-likeness (QED) is 0.559. The zero-order chi connectivity index (χ0) is 23.3. The summed E-state index contributed by atoms with van der Waals surface area (Å²) in [6, 6.07) is 12.2. The van der Waals surface area contributed by atoms with Crippen molar-refractivity contribution in [3.63, 3.8) is 0 Å². The molecule has 1 atom stereocenters. The predicted molar refractivity (Wildman–Crippen MR) is 123 cm³/mol. The Morgan fingerprint density at radius 1 is 1.16 bits per heavy atom. The summed E-state index contributed by atoms with van der Waals surface area (Å²) < 4.78 is 32.4. The standard InChI is InChI=1S/C23H27ClN2O5S/c1-3-19-10-4-5-13-26(19)22(27)16-31-23(28)17-8-6-12-21(14-17)32(29,30)25(2)20-11-7-9-18(24)15-20/h6-9,11-12,14-15,19H,3-5,10,13,16H2,1-2H3. The van der Waals surface area contributed by atoms with E-state index in [2.05, 4.69) is 0 Å². The highest BCUT2D eigenvalue weighted by atomic mass is 35.5. The number of amides is 1. The molecule has 1 unspecified atom stereocenters. The molecule has 1 amide bonds. The van der Waals surface area contributed by atoms with Gasteiger partial charge in [0.15, 0.2) is 6.61 Å². The van der Waals surface area contributed by atoms with E-state index in [4.69, 9.17) is 16.3 Å². The lowest BCUT2D eigenvalue weighted by atomic mass is 10.00. The molecule has 9 heteroatoms. The van der Waals surface area contributed by atoms with Crippen LogP contribution in [0.5, 0.6) is 0 Å². The zero-order valence-corrected chi connectivity index (χ0v) is 19.7. The Morgan fingerprint density at radius 3 is 2.62 bits per heavy atom. The van der Waals surface area contributed by atoms with Gasteiger partial charge in [-0.2, -0.15) is 0 Å². The number of halogens is 1. The van der Waals surface area contributed by atoms with Crippen molar-refractivity contribution in [1.82, 2.24) is 4.90 Å². The van der Waals surface area contributed by atoms with Crippen molar-refractivity contribution in [1.29, 1.82) is 0 Å². The van der Waals surface area contributed by atoms with Gasteiger partial charge in [0.2, 0.25) is 0 Å². The average Bonchev–Trinajstić information content (AvgIpc) is 2.81. The number of carbonyl (C=O) groups is 2. The van der Waals surface area contributed by atoms with E-state index in [0.29, 0.717) is 17.3 Å². The number of ether oxygens (including phenoxy) is 1. The summed E-state index contributed by atoms with van der Waals surface area (Å²) in [6.45, 7) is 2.34. The van der Waals surface area contributed by atoms with Crippen LogP contribution in [0.15, 0.2) is 53.4 Å². The van der Waals surface area contributed by atoms with E-state index in [9.17, 15) is 18.0 Å². The minimum absolute atomic E-state index is 0.0593. The summed E-state index contributed by atoms with van der Waals surface area (Å²) in [5, 5.41) is 0.408. The maximum Gasteiger partial charge on any atom is 0.338 e. The van der Waals surface area contributed by atoms with Gasteiger partial charge in [0.05, 0.1) is 16.1 Å². The van der Waals surface area contributed by atoms with Crippen LogP contribution >= 0.6 is 11.6 Å². The number of hydrogen-bond donors (Lipinski definition) is 0. The number of nitrogens with zero attached hydrogens (tertiary/aromatic N) is 2. The topological polar surface area (TPSA) is 84.0 Å². The number of piperidine rings is 1. The summed E-state index contributed by atoms with van der Waals surface area (Å²) in [6.07, 6.45) is 3.85. The van der Waals surface area contributed by atoms with Crippen LogP contribution in [0, 0.1) is 0 Å². The van der Waals surface area contributed by atoms with Crippen LogP contribution in [0.4, 0.5) is 5.69 Å². The van der Waals surface area contributed by atoms with Crippen molar-refractivity contribution >= 4 is 39.2 Å². The van der Waals surface area contributed by atoms with Crippen LogP contribution in [-0.4, -0.2) is 51.4 Å². The molecule has 0 radical (unpaired) electrons. The molecular formula is C23H27ClN2O5S. The molecule has 1 aliphatic heterocycles. The fourth-order valence-corrected chi connectivity index (χ4v) is 5.22. The number of anilines is 1. The minimum Gasteiger partial charge on any atom is -0.452 e. The molecule has 2 aromatic carbocycles. The molecule has 172 valence electrons. The van der Waals surface area contributed by atoms with Gasteiger partial charge in [0, 0.05) is 24.7 Å². The van der Waals surface area contributed by atoms with Gasteiger partial charge in [-0.25, -0.2) is 13.2 Å². The molecule has 0 spiro atoms. The Morgan fingerprint density at radius 2 is 1.91 bits per heavy atom. The Hall–Kier alpha value is -2.58. The van der Waals surface area contributed by atoms with Crippen molar-refractivity contribution in [3.8, 4) is 0 Å². The molecule has 0 N–H and O–H groups in total. The fraction of sp³-hybridized carbons (Fsp3) is 0.391. The summed E-state index contributed by atoms with van der Waals surface area (Å²) in [7, 11) is -2.52. The highest BCUT2D eigenvalue weighted by molar-refractivity contribution is 7.92. The number of hydrogen-bond acceptors (Lipinski definition) is 5. The summed E-state index contributed by atoms with van der Waals surface area (Å²) in [5.41, 5.74) is 0.451. The largest absolute Gasteiger partial charge is 0.452 e. The molecule has 0 aliphatic carbocycles. The number of esters is 1. The van der Waals surface area contributed by atoms with Gasteiger partial charge in [-0.1, -0.05) is 30.7 Å². The van der Waals surface area contributed by atoms with Gasteiger partial charge >= 0.3 is 5.97 Å². The van der Waals surface area contributed by atoms with E-state index in [1.807, 2.05) is 6.92 Å². The van der Waals surface area contributed by atoms with Crippen molar-refractivity contribution in [2.75, 3.05) is 24.5 Å². The molecule has 1 aliphatic rings. The van der Waals surface area contributed by atoms with Crippen LogP contribution < -0.4 is 4.31 Å².